The van der Waals surface area contributed by atoms with Gasteiger partial charge >= 0.3 is 0 Å². The van der Waals surface area contributed by atoms with Crippen LogP contribution in [0, 0.1) is 16.0 Å². The third-order valence-corrected chi connectivity index (χ3v) is 3.25. The summed E-state index contributed by atoms with van der Waals surface area (Å²) in [7, 11) is 0. The molecule has 5 nitrogen and oxygen atoms in total. The van der Waals surface area contributed by atoms with E-state index in [4.69, 9.17) is 4.74 Å². The van der Waals surface area contributed by atoms with Crippen LogP contribution in [0.1, 0.15) is 18.4 Å². The van der Waals surface area contributed by atoms with Crippen molar-refractivity contribution in [3.63, 3.8) is 0 Å². The molecule has 0 aromatic heterocycles. The topological polar surface area (TPSA) is 64.4 Å². The van der Waals surface area contributed by atoms with Crippen LogP contribution in [0.25, 0.3) is 0 Å². The van der Waals surface area contributed by atoms with Crippen LogP contribution in [-0.4, -0.2) is 24.6 Å². The molecule has 0 saturated carbocycles. The van der Waals surface area contributed by atoms with Crippen molar-refractivity contribution in [2.45, 2.75) is 19.4 Å². The Balaban J connectivity index is 1.68. The maximum atomic E-state index is 10.5. The lowest BCUT2D eigenvalue weighted by molar-refractivity contribution is -0.384. The number of ether oxygens (including phenoxy) is 1. The minimum atomic E-state index is -0.391. The third kappa shape index (κ3) is 3.78. The molecule has 0 radical (unpaired) electrons. The molecule has 0 bridgehead atoms. The minimum Gasteiger partial charge on any atom is -0.377 e. The molecule has 18 heavy (non-hydrogen) atoms. The Hall–Kier alpha value is -1.46. The summed E-state index contributed by atoms with van der Waals surface area (Å²) in [5, 5.41) is 13.8. The zero-order valence-corrected chi connectivity index (χ0v) is 10.3. The summed E-state index contributed by atoms with van der Waals surface area (Å²) in [4.78, 5) is 10.1. The quantitative estimate of drug-likeness (QED) is 0.477. The van der Waals surface area contributed by atoms with Crippen LogP contribution in [0.15, 0.2) is 24.3 Å². The number of rotatable bonds is 6. The number of hydrogen-bond acceptors (Lipinski definition) is 4. The number of nitro benzene ring substituents is 1. The fraction of sp³-hybridized carbons (Fsp3) is 0.538. The van der Waals surface area contributed by atoms with E-state index in [1.165, 1.54) is 18.6 Å². The number of nitrogens with one attached hydrogen (secondary N) is 1. The lowest BCUT2D eigenvalue weighted by Gasteiger charge is -2.08. The predicted octanol–water partition coefficient (Wildman–Crippen LogP) is 2.11. The van der Waals surface area contributed by atoms with Gasteiger partial charge < -0.3 is 10.1 Å². The molecule has 0 aliphatic carbocycles. The molecule has 1 atom stereocenters. The van der Waals surface area contributed by atoms with Gasteiger partial charge in [0.1, 0.15) is 0 Å². The molecular formula is C13H18N2O3. The number of hydrogen-bond donors (Lipinski definition) is 1. The van der Waals surface area contributed by atoms with E-state index < -0.39 is 4.92 Å². The average molecular weight is 250 g/mol. The Bertz CT molecular complexity index is 386. The monoisotopic (exact) mass is 250 g/mol. The lowest BCUT2D eigenvalue weighted by atomic mass is 10.1. The summed E-state index contributed by atoms with van der Waals surface area (Å²) in [5.74, 6) is 0.738. The molecule has 1 heterocycles. The van der Waals surface area contributed by atoms with Gasteiger partial charge in [-0.25, -0.2) is 0 Å². The van der Waals surface area contributed by atoms with Crippen molar-refractivity contribution in [1.29, 1.82) is 0 Å². The molecule has 1 N–H and O–H groups in total. The lowest BCUT2D eigenvalue weighted by Crippen LogP contribution is -2.10. The Morgan fingerprint density at radius 1 is 1.39 bits per heavy atom. The summed E-state index contributed by atoms with van der Waals surface area (Å²) < 4.78 is 5.58. The van der Waals surface area contributed by atoms with E-state index in [2.05, 4.69) is 5.32 Å². The maximum absolute atomic E-state index is 10.5. The van der Waals surface area contributed by atoms with Gasteiger partial charge in [-0.05, 0) is 49.5 Å². The molecule has 1 fully saturated rings. The number of non-ortho nitro benzene ring substituents is 1. The fourth-order valence-electron chi connectivity index (χ4n) is 2.11. The predicted molar refractivity (Wildman–Crippen MR) is 68.3 cm³/mol. The van der Waals surface area contributed by atoms with Crippen LogP contribution in [0.4, 0.5) is 5.69 Å². The zero-order valence-electron chi connectivity index (χ0n) is 10.3. The van der Waals surface area contributed by atoms with Crippen LogP contribution in [-0.2, 0) is 11.3 Å². The molecule has 0 amide bonds. The Kier molecular flexibility index (Phi) is 4.66. The van der Waals surface area contributed by atoms with Gasteiger partial charge in [0.2, 0.25) is 0 Å². The highest BCUT2D eigenvalue weighted by atomic mass is 16.6. The number of nitrogens with zero attached hydrogens (tertiary/aromatic N) is 1. The van der Waals surface area contributed by atoms with Crippen molar-refractivity contribution in [2.75, 3.05) is 19.7 Å². The van der Waals surface area contributed by atoms with Crippen LogP contribution < -0.4 is 5.32 Å². The van der Waals surface area contributed by atoms with E-state index >= 15 is 0 Å². The van der Waals surface area contributed by atoms with Crippen molar-refractivity contribution < 1.29 is 9.66 Å². The van der Waals surface area contributed by atoms with Gasteiger partial charge in [-0.2, -0.15) is 0 Å². The maximum Gasteiger partial charge on any atom is 0.269 e. The van der Waals surface area contributed by atoms with E-state index in [1.54, 1.807) is 12.1 Å². The van der Waals surface area contributed by atoms with Crippen molar-refractivity contribution in [2.24, 2.45) is 5.92 Å². The van der Waals surface area contributed by atoms with Gasteiger partial charge in [0.25, 0.3) is 5.69 Å². The molecule has 1 aromatic carbocycles. The zero-order chi connectivity index (χ0) is 12.8. The Morgan fingerprint density at radius 2 is 2.17 bits per heavy atom. The molecule has 98 valence electrons. The highest BCUT2D eigenvalue weighted by molar-refractivity contribution is 5.32. The smallest absolute Gasteiger partial charge is 0.269 e. The summed E-state index contributed by atoms with van der Waals surface area (Å²) in [6.45, 7) is 3.50. The van der Waals surface area contributed by atoms with Crippen molar-refractivity contribution in [3.8, 4) is 0 Å². The van der Waals surface area contributed by atoms with Crippen LogP contribution >= 0.6 is 0 Å². The molecule has 2 rings (SSSR count). The van der Waals surface area contributed by atoms with Gasteiger partial charge in [-0.15, -0.1) is 0 Å². The van der Waals surface area contributed by atoms with E-state index in [1.807, 2.05) is 0 Å². The van der Waals surface area contributed by atoms with E-state index in [0.29, 0.717) is 6.61 Å². The standard InChI is InChI=1S/C13H18N2O3/c16-15(17)13-3-1-12(2-4-13)10-18-8-6-11-5-7-14-9-11/h1-4,11,14H,5-10H2. The third-order valence-electron chi connectivity index (χ3n) is 3.25. The van der Waals surface area contributed by atoms with E-state index in [0.717, 1.165) is 37.6 Å². The van der Waals surface area contributed by atoms with Gasteiger partial charge in [-0.3, -0.25) is 10.1 Å². The van der Waals surface area contributed by atoms with E-state index in [-0.39, 0.29) is 5.69 Å². The van der Waals surface area contributed by atoms with Crippen LogP contribution in [0.2, 0.25) is 0 Å². The first-order valence-electron chi connectivity index (χ1n) is 6.27. The summed E-state index contributed by atoms with van der Waals surface area (Å²) in [5.41, 5.74) is 1.10. The van der Waals surface area contributed by atoms with Crippen molar-refractivity contribution in [3.05, 3.63) is 39.9 Å². The second-order valence-corrected chi connectivity index (χ2v) is 4.62. The minimum absolute atomic E-state index is 0.121. The van der Waals surface area contributed by atoms with Crippen molar-refractivity contribution in [1.82, 2.24) is 5.32 Å². The van der Waals surface area contributed by atoms with Crippen LogP contribution in [0.3, 0.4) is 0 Å². The molecule has 1 aliphatic rings. The molecular weight excluding hydrogens is 232 g/mol. The molecule has 1 aliphatic heterocycles. The first kappa shape index (κ1) is 13.0. The summed E-state index contributed by atoms with van der Waals surface area (Å²) in [6.07, 6.45) is 2.32. The highest BCUT2D eigenvalue weighted by Crippen LogP contribution is 2.14. The second-order valence-electron chi connectivity index (χ2n) is 4.62. The SMILES string of the molecule is O=[N+]([O-])c1ccc(COCCC2CCNC2)cc1. The Morgan fingerprint density at radius 3 is 2.78 bits per heavy atom. The molecule has 5 heteroatoms. The Labute approximate surface area is 106 Å². The van der Waals surface area contributed by atoms with Crippen molar-refractivity contribution >= 4 is 5.69 Å². The molecule has 1 saturated heterocycles. The first-order chi connectivity index (χ1) is 8.75. The molecule has 0 spiro atoms. The highest BCUT2D eigenvalue weighted by Gasteiger charge is 2.13. The normalized spacial score (nSPS) is 19.0. The average Bonchev–Trinajstić information content (AvgIpc) is 2.88. The summed E-state index contributed by atoms with van der Waals surface area (Å²) >= 11 is 0. The second kappa shape index (κ2) is 6.47. The van der Waals surface area contributed by atoms with Gasteiger partial charge in [0.15, 0.2) is 0 Å². The van der Waals surface area contributed by atoms with E-state index in [9.17, 15) is 10.1 Å². The molecule has 1 aromatic rings. The van der Waals surface area contributed by atoms with Gasteiger partial charge in [0.05, 0.1) is 11.5 Å². The molecule has 1 unspecified atom stereocenters. The van der Waals surface area contributed by atoms with Gasteiger partial charge in [0, 0.05) is 18.7 Å². The van der Waals surface area contributed by atoms with Gasteiger partial charge in [-0.1, -0.05) is 0 Å². The fourth-order valence-corrected chi connectivity index (χ4v) is 2.11. The summed E-state index contributed by atoms with van der Waals surface area (Å²) in [6, 6.07) is 6.52. The number of nitro groups is 1. The first-order valence-corrected chi connectivity index (χ1v) is 6.27. The number of benzene rings is 1. The van der Waals surface area contributed by atoms with Crippen LogP contribution in [0.5, 0.6) is 0 Å². The largest absolute Gasteiger partial charge is 0.377 e.